The van der Waals surface area contributed by atoms with Crippen LogP contribution in [0.15, 0.2) is 16.6 Å². The number of piperidine rings is 1. The van der Waals surface area contributed by atoms with Gasteiger partial charge in [-0.05, 0) is 53.4 Å². The van der Waals surface area contributed by atoms with E-state index in [4.69, 9.17) is 5.11 Å². The Morgan fingerprint density at radius 2 is 2.00 bits per heavy atom. The van der Waals surface area contributed by atoms with Crippen molar-refractivity contribution in [3.63, 3.8) is 0 Å². The summed E-state index contributed by atoms with van der Waals surface area (Å²) in [6.45, 7) is 2.51. The quantitative estimate of drug-likeness (QED) is 0.744. The van der Waals surface area contributed by atoms with E-state index in [0.717, 1.165) is 5.56 Å². The highest BCUT2D eigenvalue weighted by atomic mass is 79.9. The minimum atomic E-state index is -0.950. The van der Waals surface area contributed by atoms with E-state index in [2.05, 4.69) is 26.6 Å². The smallest absolute Gasteiger partial charge is 0.407 e. The zero-order valence-corrected chi connectivity index (χ0v) is 13.6. The number of urea groups is 1. The minimum Gasteiger partial charge on any atom is -0.465 e. The lowest BCUT2D eigenvalue weighted by Crippen LogP contribution is -2.47. The van der Waals surface area contributed by atoms with E-state index in [0.29, 0.717) is 30.4 Å². The van der Waals surface area contributed by atoms with Crippen molar-refractivity contribution in [3.05, 3.63) is 28.0 Å². The van der Waals surface area contributed by atoms with E-state index >= 15 is 0 Å². The van der Waals surface area contributed by atoms with Crippen LogP contribution >= 0.6 is 15.9 Å². The number of benzene rings is 1. The fourth-order valence-electron chi connectivity index (χ4n) is 2.37. The van der Waals surface area contributed by atoms with Gasteiger partial charge in [0.1, 0.15) is 5.82 Å². The Hall–Kier alpha value is -1.83. The number of nitrogens with zero attached hydrogens (tertiary/aromatic N) is 1. The first-order chi connectivity index (χ1) is 10.4. The molecule has 1 fully saturated rings. The van der Waals surface area contributed by atoms with Crippen molar-refractivity contribution < 1.29 is 19.1 Å². The number of amides is 3. The first-order valence-corrected chi connectivity index (χ1v) is 7.67. The summed E-state index contributed by atoms with van der Waals surface area (Å²) >= 11 is 3.22. The standard InChI is InChI=1S/C14H17BrFN3O3/c1-8-6-10(15)12(11(16)7-8)18-13(20)17-9-2-4-19(5-3-9)14(21)22/h6-7,9H,2-5H2,1H3,(H,21,22)(H2,17,18,20). The molecule has 0 aliphatic carbocycles. The Labute approximate surface area is 135 Å². The van der Waals surface area contributed by atoms with Crippen LogP contribution in [0.4, 0.5) is 19.7 Å². The normalized spacial score (nSPS) is 15.5. The van der Waals surface area contributed by atoms with Gasteiger partial charge in [0, 0.05) is 23.6 Å². The maximum Gasteiger partial charge on any atom is 0.407 e. The lowest BCUT2D eigenvalue weighted by molar-refractivity contribution is 0.130. The summed E-state index contributed by atoms with van der Waals surface area (Å²) in [6.07, 6.45) is 0.128. The second kappa shape index (κ2) is 6.95. The number of nitrogens with one attached hydrogen (secondary N) is 2. The molecule has 0 saturated carbocycles. The van der Waals surface area contributed by atoms with Crippen molar-refractivity contribution in [1.82, 2.24) is 10.2 Å². The van der Waals surface area contributed by atoms with Crippen LogP contribution in [0.3, 0.4) is 0 Å². The third-order valence-electron chi connectivity index (χ3n) is 3.53. The van der Waals surface area contributed by atoms with Crippen LogP contribution in [0.5, 0.6) is 0 Å². The van der Waals surface area contributed by atoms with Gasteiger partial charge in [-0.3, -0.25) is 0 Å². The number of likely N-dealkylation sites (tertiary alicyclic amines) is 1. The van der Waals surface area contributed by atoms with E-state index in [9.17, 15) is 14.0 Å². The number of carboxylic acid groups (broad SMARTS) is 1. The van der Waals surface area contributed by atoms with E-state index in [1.165, 1.54) is 11.0 Å². The van der Waals surface area contributed by atoms with Gasteiger partial charge in [0.25, 0.3) is 0 Å². The molecule has 0 spiro atoms. The van der Waals surface area contributed by atoms with Gasteiger partial charge in [-0.15, -0.1) is 0 Å². The highest BCUT2D eigenvalue weighted by Gasteiger charge is 2.23. The molecule has 3 amide bonds. The number of aryl methyl sites for hydroxylation is 1. The zero-order valence-electron chi connectivity index (χ0n) is 12.0. The molecule has 0 bridgehead atoms. The maximum atomic E-state index is 13.8. The SMILES string of the molecule is Cc1cc(F)c(NC(=O)NC2CCN(C(=O)O)CC2)c(Br)c1. The zero-order chi connectivity index (χ0) is 16.3. The fourth-order valence-corrected chi connectivity index (χ4v) is 3.02. The number of rotatable bonds is 2. The number of halogens is 2. The second-order valence-electron chi connectivity index (χ2n) is 5.25. The largest absolute Gasteiger partial charge is 0.465 e. The molecule has 1 aromatic rings. The number of carbonyl (C=O) groups is 2. The molecule has 0 atom stereocenters. The van der Waals surface area contributed by atoms with Gasteiger partial charge in [-0.2, -0.15) is 0 Å². The Kier molecular flexibility index (Phi) is 5.23. The number of anilines is 1. The summed E-state index contributed by atoms with van der Waals surface area (Å²) < 4.78 is 14.3. The fraction of sp³-hybridized carbons (Fsp3) is 0.429. The molecule has 22 heavy (non-hydrogen) atoms. The third kappa shape index (κ3) is 4.09. The monoisotopic (exact) mass is 373 g/mol. The van der Waals surface area contributed by atoms with Crippen molar-refractivity contribution in [2.45, 2.75) is 25.8 Å². The summed E-state index contributed by atoms with van der Waals surface area (Å²) in [5.74, 6) is -0.511. The van der Waals surface area contributed by atoms with Crippen molar-refractivity contribution >= 4 is 33.7 Å². The lowest BCUT2D eigenvalue weighted by Gasteiger charge is -2.30. The third-order valence-corrected chi connectivity index (χ3v) is 4.15. The van der Waals surface area contributed by atoms with Crippen LogP contribution < -0.4 is 10.6 Å². The molecule has 6 nitrogen and oxygen atoms in total. The molecule has 1 saturated heterocycles. The molecule has 2 rings (SSSR count). The summed E-state index contributed by atoms with van der Waals surface area (Å²) in [4.78, 5) is 24.1. The Balaban J connectivity index is 1.90. The Bertz CT molecular complexity index is 566. The molecular formula is C14H17BrFN3O3. The van der Waals surface area contributed by atoms with Crippen LogP contribution in [-0.4, -0.2) is 41.3 Å². The Morgan fingerprint density at radius 1 is 1.36 bits per heavy atom. The Morgan fingerprint density at radius 3 is 2.55 bits per heavy atom. The van der Waals surface area contributed by atoms with Gasteiger partial charge < -0.3 is 20.6 Å². The predicted molar refractivity (Wildman–Crippen MR) is 83.6 cm³/mol. The van der Waals surface area contributed by atoms with Crippen molar-refractivity contribution in [3.8, 4) is 0 Å². The van der Waals surface area contributed by atoms with Crippen molar-refractivity contribution in [2.24, 2.45) is 0 Å². The molecule has 3 N–H and O–H groups in total. The highest BCUT2D eigenvalue weighted by molar-refractivity contribution is 9.10. The summed E-state index contributed by atoms with van der Waals surface area (Å²) in [6, 6.07) is 2.43. The molecule has 1 aliphatic heterocycles. The maximum absolute atomic E-state index is 13.8. The summed E-state index contributed by atoms with van der Waals surface area (Å²) in [5.41, 5.74) is 0.836. The summed E-state index contributed by atoms with van der Waals surface area (Å²) in [7, 11) is 0. The van der Waals surface area contributed by atoms with Gasteiger partial charge in [-0.25, -0.2) is 14.0 Å². The molecule has 1 aliphatic rings. The van der Waals surface area contributed by atoms with Crippen molar-refractivity contribution in [2.75, 3.05) is 18.4 Å². The average Bonchev–Trinajstić information content (AvgIpc) is 2.43. The molecule has 1 aromatic carbocycles. The first-order valence-electron chi connectivity index (χ1n) is 6.88. The van der Waals surface area contributed by atoms with Gasteiger partial charge in [0.15, 0.2) is 0 Å². The van der Waals surface area contributed by atoms with E-state index < -0.39 is 17.9 Å². The van der Waals surface area contributed by atoms with Gasteiger partial charge in [0.2, 0.25) is 0 Å². The van der Waals surface area contributed by atoms with E-state index in [-0.39, 0.29) is 11.7 Å². The van der Waals surface area contributed by atoms with Gasteiger partial charge >= 0.3 is 12.1 Å². The molecule has 0 unspecified atom stereocenters. The molecule has 8 heteroatoms. The molecule has 120 valence electrons. The van der Waals surface area contributed by atoms with Crippen LogP contribution in [0, 0.1) is 12.7 Å². The predicted octanol–water partition coefficient (Wildman–Crippen LogP) is 3.16. The molecule has 1 heterocycles. The van der Waals surface area contributed by atoms with Crippen LogP contribution in [0.1, 0.15) is 18.4 Å². The van der Waals surface area contributed by atoms with Crippen LogP contribution in [-0.2, 0) is 0 Å². The van der Waals surface area contributed by atoms with Crippen molar-refractivity contribution in [1.29, 1.82) is 0 Å². The first kappa shape index (κ1) is 16.5. The number of hydrogen-bond donors (Lipinski definition) is 3. The van der Waals surface area contributed by atoms with E-state index in [1.54, 1.807) is 13.0 Å². The molecule has 0 aromatic heterocycles. The number of hydrogen-bond acceptors (Lipinski definition) is 2. The highest BCUT2D eigenvalue weighted by Crippen LogP contribution is 2.27. The lowest BCUT2D eigenvalue weighted by atomic mass is 10.1. The second-order valence-corrected chi connectivity index (χ2v) is 6.10. The van der Waals surface area contributed by atoms with Gasteiger partial charge in [-0.1, -0.05) is 0 Å². The minimum absolute atomic E-state index is 0.0890. The molecular weight excluding hydrogens is 357 g/mol. The average molecular weight is 374 g/mol. The number of carbonyl (C=O) groups excluding carboxylic acids is 1. The summed E-state index contributed by atoms with van der Waals surface area (Å²) in [5, 5.41) is 14.1. The van der Waals surface area contributed by atoms with Gasteiger partial charge in [0.05, 0.1) is 5.69 Å². The van der Waals surface area contributed by atoms with Crippen LogP contribution in [0.25, 0.3) is 0 Å². The topological polar surface area (TPSA) is 81.7 Å². The van der Waals surface area contributed by atoms with Crippen LogP contribution in [0.2, 0.25) is 0 Å². The van der Waals surface area contributed by atoms with E-state index in [1.807, 2.05) is 0 Å². The molecule has 0 radical (unpaired) electrons.